The van der Waals surface area contributed by atoms with Gasteiger partial charge in [0.1, 0.15) is 5.82 Å². The Balaban J connectivity index is 3.01. The third kappa shape index (κ3) is 5.26. The summed E-state index contributed by atoms with van der Waals surface area (Å²) in [6, 6.07) is 5.19. The molecule has 0 radical (unpaired) electrons. The molecule has 0 bridgehead atoms. The van der Waals surface area contributed by atoms with E-state index in [2.05, 4.69) is 10.2 Å². The normalized spacial score (nSPS) is 12.4. The van der Waals surface area contributed by atoms with Crippen molar-refractivity contribution in [1.82, 2.24) is 5.32 Å². The topological polar surface area (TPSA) is 33.7 Å². The Kier molecular flexibility index (Phi) is 8.27. The maximum atomic E-state index is 14.2. The zero-order chi connectivity index (χ0) is 15.7. The lowest BCUT2D eigenvalue weighted by molar-refractivity contribution is 0.191. The van der Waals surface area contributed by atoms with E-state index in [0.717, 1.165) is 25.2 Å². The van der Waals surface area contributed by atoms with E-state index in [1.54, 1.807) is 20.3 Å². The van der Waals surface area contributed by atoms with Crippen LogP contribution in [0, 0.1) is 5.82 Å². The van der Waals surface area contributed by atoms with Gasteiger partial charge >= 0.3 is 0 Å². The maximum Gasteiger partial charge on any atom is 0.130 e. The van der Waals surface area contributed by atoms with E-state index < -0.39 is 0 Å². The van der Waals surface area contributed by atoms with Gasteiger partial charge in [-0.2, -0.15) is 0 Å². The van der Waals surface area contributed by atoms with Gasteiger partial charge in [-0.25, -0.2) is 4.39 Å². The van der Waals surface area contributed by atoms with Crippen molar-refractivity contribution in [3.63, 3.8) is 0 Å². The number of halogens is 1. The Morgan fingerprint density at radius 3 is 2.52 bits per heavy atom. The highest BCUT2D eigenvalue weighted by Crippen LogP contribution is 2.29. The van der Waals surface area contributed by atoms with E-state index in [9.17, 15) is 4.39 Å². The summed E-state index contributed by atoms with van der Waals surface area (Å²) in [5.74, 6) is -0.177. The average molecular weight is 298 g/mol. The number of hydrogen-bond donors (Lipinski definition) is 1. The lowest BCUT2D eigenvalue weighted by atomic mass is 10.0. The van der Waals surface area contributed by atoms with Crippen molar-refractivity contribution in [3.05, 3.63) is 29.6 Å². The van der Waals surface area contributed by atoms with Crippen LogP contribution < -0.4 is 10.2 Å². The smallest absolute Gasteiger partial charge is 0.130 e. The zero-order valence-electron chi connectivity index (χ0n) is 13.5. The van der Waals surface area contributed by atoms with Crippen LogP contribution in [0.5, 0.6) is 0 Å². The number of methoxy groups -OCH3 is 2. The highest BCUT2D eigenvalue weighted by Gasteiger charge is 2.18. The SMILES string of the molecule is CNC(C)c1c(F)cccc1N(CCCOC)CCOC. The number of anilines is 1. The largest absolute Gasteiger partial charge is 0.385 e. The predicted molar refractivity (Wildman–Crippen MR) is 84.5 cm³/mol. The molecule has 0 saturated heterocycles. The first-order valence-corrected chi connectivity index (χ1v) is 7.34. The molecule has 0 aromatic heterocycles. The fourth-order valence-electron chi connectivity index (χ4n) is 2.33. The molecule has 120 valence electrons. The second kappa shape index (κ2) is 9.71. The lowest BCUT2D eigenvalue weighted by Crippen LogP contribution is -2.31. The van der Waals surface area contributed by atoms with Gasteiger partial charge < -0.3 is 19.7 Å². The molecule has 0 heterocycles. The van der Waals surface area contributed by atoms with Gasteiger partial charge in [0.05, 0.1) is 6.61 Å². The van der Waals surface area contributed by atoms with E-state index in [1.807, 2.05) is 20.0 Å². The van der Waals surface area contributed by atoms with Crippen molar-refractivity contribution in [2.75, 3.05) is 52.5 Å². The first-order valence-electron chi connectivity index (χ1n) is 7.34. The minimum atomic E-state index is -0.177. The van der Waals surface area contributed by atoms with E-state index in [-0.39, 0.29) is 11.9 Å². The van der Waals surface area contributed by atoms with Crippen LogP contribution in [0.1, 0.15) is 24.9 Å². The Bertz CT molecular complexity index is 415. The highest BCUT2D eigenvalue weighted by atomic mass is 19.1. The van der Waals surface area contributed by atoms with E-state index in [4.69, 9.17) is 9.47 Å². The van der Waals surface area contributed by atoms with E-state index in [1.165, 1.54) is 6.07 Å². The van der Waals surface area contributed by atoms with Crippen LogP contribution in [0.15, 0.2) is 18.2 Å². The Labute approximate surface area is 127 Å². The van der Waals surface area contributed by atoms with Gasteiger partial charge in [0.2, 0.25) is 0 Å². The highest BCUT2D eigenvalue weighted by molar-refractivity contribution is 5.55. The molecule has 1 atom stereocenters. The number of nitrogens with zero attached hydrogens (tertiary/aromatic N) is 1. The van der Waals surface area contributed by atoms with Crippen LogP contribution in [0.25, 0.3) is 0 Å². The van der Waals surface area contributed by atoms with Crippen molar-refractivity contribution < 1.29 is 13.9 Å². The molecule has 0 aliphatic rings. The first kappa shape index (κ1) is 17.9. The van der Waals surface area contributed by atoms with Gasteiger partial charge in [-0.1, -0.05) is 6.07 Å². The number of ether oxygens (including phenoxy) is 2. The van der Waals surface area contributed by atoms with Gasteiger partial charge in [0.25, 0.3) is 0 Å². The summed E-state index contributed by atoms with van der Waals surface area (Å²) in [7, 11) is 5.21. The summed E-state index contributed by atoms with van der Waals surface area (Å²) in [5.41, 5.74) is 1.62. The molecule has 0 amide bonds. The summed E-state index contributed by atoms with van der Waals surface area (Å²) in [6.45, 7) is 4.80. The molecule has 1 unspecified atom stereocenters. The molecule has 5 heteroatoms. The second-order valence-electron chi connectivity index (χ2n) is 5.01. The number of rotatable bonds is 10. The molecule has 0 aliphatic heterocycles. The molecule has 1 N–H and O–H groups in total. The molecule has 1 aromatic carbocycles. The summed E-state index contributed by atoms with van der Waals surface area (Å²) in [5, 5.41) is 3.12. The first-order chi connectivity index (χ1) is 10.2. The summed E-state index contributed by atoms with van der Waals surface area (Å²) < 4.78 is 24.5. The standard InChI is InChI=1S/C16H27FN2O2/c1-13(18-2)16-14(17)7-5-8-15(16)19(10-12-21-4)9-6-11-20-3/h5,7-8,13,18H,6,9-12H2,1-4H3. The van der Waals surface area contributed by atoms with E-state index in [0.29, 0.717) is 18.8 Å². The minimum Gasteiger partial charge on any atom is -0.385 e. The molecule has 0 saturated carbocycles. The summed E-state index contributed by atoms with van der Waals surface area (Å²) in [6.07, 6.45) is 0.893. The molecule has 4 nitrogen and oxygen atoms in total. The van der Waals surface area contributed by atoms with Gasteiger partial charge in [-0.15, -0.1) is 0 Å². The fourth-order valence-corrected chi connectivity index (χ4v) is 2.33. The summed E-state index contributed by atoms with van der Waals surface area (Å²) >= 11 is 0. The Hall–Kier alpha value is -1.17. The Morgan fingerprint density at radius 1 is 1.19 bits per heavy atom. The van der Waals surface area contributed by atoms with Gasteiger partial charge in [-0.3, -0.25) is 0 Å². The summed E-state index contributed by atoms with van der Waals surface area (Å²) in [4.78, 5) is 2.16. The zero-order valence-corrected chi connectivity index (χ0v) is 13.5. The van der Waals surface area contributed by atoms with Crippen LogP contribution in [-0.4, -0.2) is 47.6 Å². The molecule has 0 aliphatic carbocycles. The number of hydrogen-bond acceptors (Lipinski definition) is 4. The Morgan fingerprint density at radius 2 is 1.90 bits per heavy atom. The fraction of sp³-hybridized carbons (Fsp3) is 0.625. The average Bonchev–Trinajstić information content (AvgIpc) is 2.50. The number of benzene rings is 1. The third-order valence-corrected chi connectivity index (χ3v) is 3.58. The van der Waals surface area contributed by atoms with E-state index >= 15 is 0 Å². The van der Waals surface area contributed by atoms with Crippen molar-refractivity contribution in [2.24, 2.45) is 0 Å². The molecule has 1 aromatic rings. The molecular formula is C16H27FN2O2. The van der Waals surface area contributed by atoms with Gasteiger partial charge in [-0.05, 0) is 32.5 Å². The van der Waals surface area contributed by atoms with Crippen LogP contribution in [-0.2, 0) is 9.47 Å². The molecule has 21 heavy (non-hydrogen) atoms. The molecule has 1 rings (SSSR count). The molecule has 0 spiro atoms. The lowest BCUT2D eigenvalue weighted by Gasteiger charge is -2.29. The quantitative estimate of drug-likeness (QED) is 0.673. The number of nitrogens with one attached hydrogen (secondary N) is 1. The van der Waals surface area contributed by atoms with Crippen LogP contribution >= 0.6 is 0 Å². The molecular weight excluding hydrogens is 271 g/mol. The van der Waals surface area contributed by atoms with Gasteiger partial charge in [0.15, 0.2) is 0 Å². The maximum absolute atomic E-state index is 14.2. The van der Waals surface area contributed by atoms with Crippen LogP contribution in [0.3, 0.4) is 0 Å². The second-order valence-corrected chi connectivity index (χ2v) is 5.01. The minimum absolute atomic E-state index is 0.0475. The van der Waals surface area contributed by atoms with Crippen molar-refractivity contribution >= 4 is 5.69 Å². The van der Waals surface area contributed by atoms with Crippen molar-refractivity contribution in [2.45, 2.75) is 19.4 Å². The third-order valence-electron chi connectivity index (χ3n) is 3.58. The molecule has 0 fully saturated rings. The predicted octanol–water partition coefficient (Wildman–Crippen LogP) is 2.60. The van der Waals surface area contributed by atoms with Gasteiger partial charge in [0, 0.05) is 51.2 Å². The van der Waals surface area contributed by atoms with Crippen LogP contribution in [0.2, 0.25) is 0 Å². The van der Waals surface area contributed by atoms with Crippen LogP contribution in [0.4, 0.5) is 10.1 Å². The van der Waals surface area contributed by atoms with Crippen molar-refractivity contribution in [1.29, 1.82) is 0 Å². The monoisotopic (exact) mass is 298 g/mol. The van der Waals surface area contributed by atoms with Crippen molar-refractivity contribution in [3.8, 4) is 0 Å².